The molecule has 0 aliphatic heterocycles. The third-order valence-corrected chi connectivity index (χ3v) is 11.9. The van der Waals surface area contributed by atoms with Crippen LogP contribution in [0.3, 0.4) is 0 Å². The van der Waals surface area contributed by atoms with E-state index in [1.54, 1.807) is 0 Å². The van der Waals surface area contributed by atoms with Crippen LogP contribution in [0.15, 0.2) is 72.8 Å². The average molecular weight is 659 g/mol. The lowest BCUT2D eigenvalue weighted by Crippen LogP contribution is -2.36. The first-order chi connectivity index (χ1) is 23.6. The van der Waals surface area contributed by atoms with Crippen molar-refractivity contribution in [2.45, 2.75) is 117 Å². The molecule has 0 radical (unpaired) electrons. The first-order valence-corrected chi connectivity index (χ1v) is 19.0. The number of anilines is 2. The molecule has 4 heteroatoms. The fraction of sp³-hybridized carbons (Fsp3) is 0.467. The molecule has 2 saturated carbocycles. The molecule has 0 saturated heterocycles. The van der Waals surface area contributed by atoms with E-state index in [-0.39, 0.29) is 5.41 Å². The van der Waals surface area contributed by atoms with Gasteiger partial charge in [-0.05, 0) is 166 Å². The molecule has 0 unspecified atom stereocenters. The second-order valence-electron chi connectivity index (χ2n) is 15.4. The summed E-state index contributed by atoms with van der Waals surface area (Å²) >= 11 is 0. The molecule has 0 heterocycles. The van der Waals surface area contributed by atoms with Gasteiger partial charge in [-0.15, -0.1) is 0 Å². The van der Waals surface area contributed by atoms with Crippen LogP contribution < -0.4 is 20.9 Å². The number of unbranched alkanes of at least 4 members (excludes halogenated alkanes) is 2. The van der Waals surface area contributed by atoms with Gasteiger partial charge in [-0.1, -0.05) is 69.7 Å². The van der Waals surface area contributed by atoms with Crippen LogP contribution in [0.1, 0.15) is 117 Å². The summed E-state index contributed by atoms with van der Waals surface area (Å²) < 4.78 is 12.9. The SMILES string of the molecule is CCCCC[C@H]1CC[C@@H](C2CCC(c3cc(C)c(Oc4ccc(N)cc4)c(C)c3)(c3cc(C)c(Oc4ccc(N)cc4)c(C)c3)CC2)CC1. The van der Waals surface area contributed by atoms with Crippen molar-refractivity contribution in [2.75, 3.05) is 11.5 Å². The summed E-state index contributed by atoms with van der Waals surface area (Å²) in [6, 6.07) is 25.0. The maximum Gasteiger partial charge on any atom is 0.133 e. The number of nitrogen functional groups attached to an aromatic ring is 2. The molecule has 6 rings (SSSR count). The zero-order chi connectivity index (χ0) is 34.5. The van der Waals surface area contributed by atoms with Gasteiger partial charge in [-0.25, -0.2) is 0 Å². The molecule has 4 N–H and O–H groups in total. The van der Waals surface area contributed by atoms with Gasteiger partial charge in [-0.3, -0.25) is 0 Å². The van der Waals surface area contributed by atoms with E-state index in [1.165, 1.54) is 110 Å². The van der Waals surface area contributed by atoms with E-state index in [0.29, 0.717) is 0 Å². The van der Waals surface area contributed by atoms with Crippen molar-refractivity contribution in [3.05, 3.63) is 106 Å². The number of rotatable bonds is 11. The van der Waals surface area contributed by atoms with Crippen molar-refractivity contribution < 1.29 is 9.47 Å². The Labute approximate surface area is 295 Å². The molecular formula is C45H58N2O2. The third-order valence-electron chi connectivity index (χ3n) is 11.9. The molecule has 4 aromatic carbocycles. The van der Waals surface area contributed by atoms with E-state index >= 15 is 0 Å². The topological polar surface area (TPSA) is 70.5 Å². The highest BCUT2D eigenvalue weighted by Crippen LogP contribution is 2.52. The lowest BCUT2D eigenvalue weighted by molar-refractivity contribution is 0.140. The van der Waals surface area contributed by atoms with Gasteiger partial charge in [0.1, 0.15) is 23.0 Å². The van der Waals surface area contributed by atoms with Crippen LogP contribution in [0.25, 0.3) is 0 Å². The van der Waals surface area contributed by atoms with E-state index in [0.717, 1.165) is 52.1 Å². The minimum Gasteiger partial charge on any atom is -0.457 e. The molecule has 260 valence electrons. The van der Waals surface area contributed by atoms with Gasteiger partial charge in [0.15, 0.2) is 0 Å². The quantitative estimate of drug-likeness (QED) is 0.124. The van der Waals surface area contributed by atoms with Crippen LogP contribution >= 0.6 is 0 Å². The summed E-state index contributed by atoms with van der Waals surface area (Å²) in [5.74, 6) is 6.18. The van der Waals surface area contributed by atoms with E-state index in [1.807, 2.05) is 48.5 Å². The van der Waals surface area contributed by atoms with Crippen molar-refractivity contribution >= 4 is 11.4 Å². The molecule has 2 aliphatic rings. The second kappa shape index (κ2) is 15.3. The summed E-state index contributed by atoms with van der Waals surface area (Å²) in [7, 11) is 0. The number of hydrogen-bond acceptors (Lipinski definition) is 4. The van der Waals surface area contributed by atoms with Gasteiger partial charge in [-0.2, -0.15) is 0 Å². The van der Waals surface area contributed by atoms with Crippen molar-refractivity contribution in [2.24, 2.45) is 17.8 Å². The van der Waals surface area contributed by atoms with Crippen LogP contribution in [0, 0.1) is 45.4 Å². The van der Waals surface area contributed by atoms with Crippen molar-refractivity contribution in [3.63, 3.8) is 0 Å². The largest absolute Gasteiger partial charge is 0.457 e. The highest BCUT2D eigenvalue weighted by atomic mass is 16.5. The molecule has 0 bridgehead atoms. The summed E-state index contributed by atoms with van der Waals surface area (Å²) in [4.78, 5) is 0. The second-order valence-corrected chi connectivity index (χ2v) is 15.4. The fourth-order valence-corrected chi connectivity index (χ4v) is 9.06. The van der Waals surface area contributed by atoms with E-state index < -0.39 is 0 Å². The summed E-state index contributed by atoms with van der Waals surface area (Å²) in [6.07, 6.45) is 16.2. The fourth-order valence-electron chi connectivity index (χ4n) is 9.06. The number of ether oxygens (including phenoxy) is 2. The third kappa shape index (κ3) is 7.95. The van der Waals surface area contributed by atoms with Crippen molar-refractivity contribution in [3.8, 4) is 23.0 Å². The lowest BCUT2D eigenvalue weighted by atomic mass is 9.59. The van der Waals surface area contributed by atoms with Gasteiger partial charge in [0.2, 0.25) is 0 Å². The highest BCUT2D eigenvalue weighted by molar-refractivity contribution is 5.55. The Kier molecular flexibility index (Phi) is 10.9. The molecule has 4 aromatic rings. The number of hydrogen-bond donors (Lipinski definition) is 2. The minimum atomic E-state index is -0.0572. The summed E-state index contributed by atoms with van der Waals surface area (Å²) in [5, 5.41) is 0. The van der Waals surface area contributed by atoms with Crippen LogP contribution in [0.5, 0.6) is 23.0 Å². The van der Waals surface area contributed by atoms with E-state index in [2.05, 4.69) is 58.9 Å². The lowest BCUT2D eigenvalue weighted by Gasteiger charge is -2.45. The molecular weight excluding hydrogens is 601 g/mol. The average Bonchev–Trinajstić information content (AvgIpc) is 3.10. The van der Waals surface area contributed by atoms with Gasteiger partial charge in [0, 0.05) is 16.8 Å². The van der Waals surface area contributed by atoms with Crippen LogP contribution in [0.4, 0.5) is 11.4 Å². The molecule has 49 heavy (non-hydrogen) atoms. The Bertz CT molecular complexity index is 1540. The predicted molar refractivity (Wildman–Crippen MR) is 206 cm³/mol. The number of aryl methyl sites for hydroxylation is 4. The molecule has 2 aliphatic carbocycles. The van der Waals surface area contributed by atoms with Gasteiger partial charge in [0.25, 0.3) is 0 Å². The standard InChI is InChI=1S/C45H58N2O2/c1-6-7-8-9-34-10-12-35(13-11-34)36-22-24-45(25-23-36,37-26-30(2)43(31(3)27-37)48-41-18-14-39(46)15-19-41)38-28-32(4)44(33(5)29-38)49-42-20-16-40(47)17-21-42/h14-21,26-29,34-36H,6-13,22-25,46-47H2,1-5H3/t34-,35+. The molecule has 4 nitrogen and oxygen atoms in total. The molecule has 0 amide bonds. The Morgan fingerprint density at radius 3 is 1.39 bits per heavy atom. The van der Waals surface area contributed by atoms with Crippen molar-refractivity contribution in [1.82, 2.24) is 0 Å². The van der Waals surface area contributed by atoms with Gasteiger partial charge < -0.3 is 20.9 Å². The molecule has 0 spiro atoms. The predicted octanol–water partition coefficient (Wildman–Crippen LogP) is 12.5. The van der Waals surface area contributed by atoms with Gasteiger partial charge in [0.05, 0.1) is 0 Å². The zero-order valence-electron chi connectivity index (χ0n) is 30.6. The first kappa shape index (κ1) is 34.9. The Hall–Kier alpha value is -3.92. The number of nitrogens with two attached hydrogens (primary N) is 2. The highest BCUT2D eigenvalue weighted by Gasteiger charge is 2.42. The number of benzene rings is 4. The maximum absolute atomic E-state index is 6.45. The Morgan fingerprint density at radius 2 is 0.980 bits per heavy atom. The van der Waals surface area contributed by atoms with Crippen LogP contribution in [-0.4, -0.2) is 0 Å². The Morgan fingerprint density at radius 1 is 0.571 bits per heavy atom. The maximum atomic E-state index is 6.45. The normalized spacial score (nSPS) is 19.4. The van der Waals surface area contributed by atoms with Crippen LogP contribution in [-0.2, 0) is 5.41 Å². The summed E-state index contributed by atoms with van der Waals surface area (Å²) in [6.45, 7) is 11.1. The monoisotopic (exact) mass is 658 g/mol. The van der Waals surface area contributed by atoms with Crippen LogP contribution in [0.2, 0.25) is 0 Å². The van der Waals surface area contributed by atoms with E-state index in [9.17, 15) is 0 Å². The Balaban J connectivity index is 1.29. The van der Waals surface area contributed by atoms with Crippen molar-refractivity contribution in [1.29, 1.82) is 0 Å². The van der Waals surface area contributed by atoms with Gasteiger partial charge >= 0.3 is 0 Å². The minimum absolute atomic E-state index is 0.0572. The summed E-state index contributed by atoms with van der Waals surface area (Å²) in [5.41, 5.74) is 20.8. The van der Waals surface area contributed by atoms with E-state index in [4.69, 9.17) is 20.9 Å². The zero-order valence-corrected chi connectivity index (χ0v) is 30.6. The molecule has 2 fully saturated rings. The first-order valence-electron chi connectivity index (χ1n) is 19.0. The smallest absolute Gasteiger partial charge is 0.133 e. The molecule has 0 aromatic heterocycles. The molecule has 0 atom stereocenters.